The molecule has 0 aliphatic heterocycles. The van der Waals surface area contributed by atoms with Crippen LogP contribution in [0, 0.1) is 0 Å². The maximum Gasteiger partial charge on any atom is 0.328 e. The standard InChI is InChI=1S/C20H16O5/c21-17(22)11-13-20(14-12-18(23)24,16-9-5-2-6-10-16)19(25)15-7-3-1-4-8-15/h1-14H,(H,21,22)(H,23,24). The molecule has 2 aromatic carbocycles. The first-order valence-corrected chi connectivity index (χ1v) is 7.45. The van der Waals surface area contributed by atoms with E-state index in [2.05, 4.69) is 0 Å². The van der Waals surface area contributed by atoms with Gasteiger partial charge in [0.25, 0.3) is 0 Å². The zero-order chi connectivity index (χ0) is 18.3. The minimum atomic E-state index is -1.54. The Labute approximate surface area is 144 Å². The van der Waals surface area contributed by atoms with Crippen molar-refractivity contribution in [3.8, 4) is 0 Å². The summed E-state index contributed by atoms with van der Waals surface area (Å²) in [7, 11) is 0. The molecule has 2 N–H and O–H groups in total. The van der Waals surface area contributed by atoms with Crippen molar-refractivity contribution in [3.05, 3.63) is 96.1 Å². The number of benzene rings is 2. The van der Waals surface area contributed by atoms with Gasteiger partial charge in [-0.3, -0.25) is 4.79 Å². The second kappa shape index (κ2) is 7.88. The summed E-state index contributed by atoms with van der Waals surface area (Å²) in [5, 5.41) is 18.0. The number of Topliss-reactive ketones (excluding diaryl/α,β-unsaturated/α-hetero) is 1. The lowest BCUT2D eigenvalue weighted by atomic mass is 9.73. The number of hydrogen-bond donors (Lipinski definition) is 2. The third-order valence-electron chi connectivity index (χ3n) is 3.64. The Balaban J connectivity index is 2.72. The summed E-state index contributed by atoms with van der Waals surface area (Å²) in [6.07, 6.45) is 4.11. The van der Waals surface area contributed by atoms with E-state index in [0.717, 1.165) is 12.2 Å². The van der Waals surface area contributed by atoms with Gasteiger partial charge in [-0.1, -0.05) is 72.8 Å². The average Bonchev–Trinajstić information content (AvgIpc) is 2.63. The largest absolute Gasteiger partial charge is 0.478 e. The molecule has 0 radical (unpaired) electrons. The van der Waals surface area contributed by atoms with Crippen LogP contribution >= 0.6 is 0 Å². The molecular weight excluding hydrogens is 320 g/mol. The number of carbonyl (C=O) groups excluding carboxylic acids is 1. The number of allylic oxidation sites excluding steroid dienone is 2. The van der Waals surface area contributed by atoms with Gasteiger partial charge < -0.3 is 10.2 Å². The number of carboxylic acid groups (broad SMARTS) is 2. The van der Waals surface area contributed by atoms with Crippen molar-refractivity contribution in [3.63, 3.8) is 0 Å². The molecule has 126 valence electrons. The van der Waals surface area contributed by atoms with Crippen LogP contribution in [0.15, 0.2) is 85.0 Å². The highest BCUT2D eigenvalue weighted by Gasteiger charge is 2.36. The van der Waals surface area contributed by atoms with Crippen molar-refractivity contribution in [2.45, 2.75) is 5.41 Å². The van der Waals surface area contributed by atoms with Gasteiger partial charge in [0.1, 0.15) is 0 Å². The average molecular weight is 336 g/mol. The van der Waals surface area contributed by atoms with Gasteiger partial charge in [-0.05, 0) is 5.56 Å². The smallest absolute Gasteiger partial charge is 0.328 e. The van der Waals surface area contributed by atoms with E-state index < -0.39 is 23.1 Å². The summed E-state index contributed by atoms with van der Waals surface area (Å²) >= 11 is 0. The molecule has 0 aliphatic rings. The molecule has 25 heavy (non-hydrogen) atoms. The second-order valence-corrected chi connectivity index (χ2v) is 5.27. The number of hydrogen-bond acceptors (Lipinski definition) is 3. The summed E-state index contributed by atoms with van der Waals surface area (Å²) in [5.41, 5.74) is -0.727. The van der Waals surface area contributed by atoms with Crippen LogP contribution in [0.1, 0.15) is 15.9 Å². The summed E-state index contributed by atoms with van der Waals surface area (Å²) in [6, 6.07) is 16.8. The molecule has 0 amide bonds. The van der Waals surface area contributed by atoms with Gasteiger partial charge in [-0.15, -0.1) is 0 Å². The Morgan fingerprint density at radius 2 is 1.16 bits per heavy atom. The molecule has 0 bridgehead atoms. The predicted octanol–water partition coefficient (Wildman–Crippen LogP) is 3.09. The Hall–Kier alpha value is -3.47. The van der Waals surface area contributed by atoms with E-state index in [1.165, 1.54) is 12.2 Å². The van der Waals surface area contributed by atoms with E-state index in [4.69, 9.17) is 10.2 Å². The Kier molecular flexibility index (Phi) is 5.63. The van der Waals surface area contributed by atoms with Crippen LogP contribution < -0.4 is 0 Å². The van der Waals surface area contributed by atoms with Crippen molar-refractivity contribution >= 4 is 17.7 Å². The summed E-state index contributed by atoms with van der Waals surface area (Å²) in [4.78, 5) is 35.3. The van der Waals surface area contributed by atoms with Crippen molar-refractivity contribution < 1.29 is 24.6 Å². The molecule has 0 unspecified atom stereocenters. The monoisotopic (exact) mass is 336 g/mol. The van der Waals surface area contributed by atoms with Crippen LogP contribution in [-0.4, -0.2) is 27.9 Å². The van der Waals surface area contributed by atoms with Crippen LogP contribution in [0.2, 0.25) is 0 Å². The SMILES string of the molecule is O=C(O)C=CC(C=CC(=O)O)(C(=O)c1ccccc1)c1ccccc1. The molecule has 0 fully saturated rings. The number of carboxylic acids is 2. The fourth-order valence-corrected chi connectivity index (χ4v) is 2.48. The van der Waals surface area contributed by atoms with E-state index >= 15 is 0 Å². The molecule has 0 aliphatic carbocycles. The lowest BCUT2D eigenvalue weighted by Crippen LogP contribution is -2.32. The van der Waals surface area contributed by atoms with E-state index in [1.54, 1.807) is 60.7 Å². The number of ketones is 1. The normalized spacial score (nSPS) is 13.6. The molecule has 2 aromatic rings. The van der Waals surface area contributed by atoms with E-state index in [-0.39, 0.29) is 0 Å². The highest BCUT2D eigenvalue weighted by atomic mass is 16.4. The third-order valence-corrected chi connectivity index (χ3v) is 3.64. The minimum Gasteiger partial charge on any atom is -0.478 e. The number of aliphatic carboxylic acids is 2. The molecule has 0 saturated heterocycles. The summed E-state index contributed by atoms with van der Waals surface area (Å²) in [5.74, 6) is -2.89. The molecule has 5 nitrogen and oxygen atoms in total. The minimum absolute atomic E-state index is 0.344. The first kappa shape index (κ1) is 17.9. The quantitative estimate of drug-likeness (QED) is 0.599. The maximum absolute atomic E-state index is 13.2. The first-order valence-electron chi connectivity index (χ1n) is 7.45. The maximum atomic E-state index is 13.2. The van der Waals surface area contributed by atoms with Crippen LogP contribution in [0.25, 0.3) is 0 Å². The van der Waals surface area contributed by atoms with Gasteiger partial charge in [-0.25, -0.2) is 9.59 Å². The summed E-state index contributed by atoms with van der Waals surface area (Å²) < 4.78 is 0. The Morgan fingerprint density at radius 1 is 0.720 bits per heavy atom. The lowest BCUT2D eigenvalue weighted by molar-refractivity contribution is -0.132. The summed E-state index contributed by atoms with van der Waals surface area (Å²) in [6.45, 7) is 0. The molecule has 0 spiro atoms. The van der Waals surface area contributed by atoms with E-state index in [9.17, 15) is 14.4 Å². The van der Waals surface area contributed by atoms with E-state index in [1.807, 2.05) is 0 Å². The van der Waals surface area contributed by atoms with Gasteiger partial charge in [0.05, 0.1) is 5.41 Å². The topological polar surface area (TPSA) is 91.7 Å². The lowest BCUT2D eigenvalue weighted by Gasteiger charge is -2.26. The number of rotatable bonds is 7. The van der Waals surface area contributed by atoms with Crippen molar-refractivity contribution in [2.24, 2.45) is 0 Å². The Morgan fingerprint density at radius 3 is 1.60 bits per heavy atom. The fourth-order valence-electron chi connectivity index (χ4n) is 2.48. The second-order valence-electron chi connectivity index (χ2n) is 5.27. The predicted molar refractivity (Wildman–Crippen MR) is 92.4 cm³/mol. The van der Waals surface area contributed by atoms with E-state index in [0.29, 0.717) is 11.1 Å². The van der Waals surface area contributed by atoms with Crippen molar-refractivity contribution in [1.29, 1.82) is 0 Å². The third kappa shape index (κ3) is 4.29. The molecule has 5 heteroatoms. The highest BCUT2D eigenvalue weighted by Crippen LogP contribution is 2.32. The molecule has 0 heterocycles. The molecule has 0 saturated carbocycles. The zero-order valence-electron chi connectivity index (χ0n) is 13.2. The Bertz CT molecular complexity index is 796. The molecule has 2 rings (SSSR count). The van der Waals surface area contributed by atoms with Crippen LogP contribution in [0.3, 0.4) is 0 Å². The molecular formula is C20H16O5. The van der Waals surface area contributed by atoms with Crippen LogP contribution in [0.4, 0.5) is 0 Å². The van der Waals surface area contributed by atoms with Gasteiger partial charge in [-0.2, -0.15) is 0 Å². The zero-order valence-corrected chi connectivity index (χ0v) is 13.2. The molecule has 0 atom stereocenters. The first-order chi connectivity index (χ1) is 12.0. The van der Waals surface area contributed by atoms with Crippen LogP contribution in [-0.2, 0) is 15.0 Å². The fraction of sp³-hybridized carbons (Fsp3) is 0.0500. The van der Waals surface area contributed by atoms with Gasteiger partial charge in [0.15, 0.2) is 5.78 Å². The number of carbonyl (C=O) groups is 3. The van der Waals surface area contributed by atoms with Gasteiger partial charge in [0, 0.05) is 17.7 Å². The molecule has 0 aromatic heterocycles. The van der Waals surface area contributed by atoms with Crippen molar-refractivity contribution in [1.82, 2.24) is 0 Å². The van der Waals surface area contributed by atoms with Gasteiger partial charge in [0.2, 0.25) is 0 Å². The van der Waals surface area contributed by atoms with Gasteiger partial charge >= 0.3 is 11.9 Å². The highest BCUT2D eigenvalue weighted by molar-refractivity contribution is 6.08. The van der Waals surface area contributed by atoms with Crippen molar-refractivity contribution in [2.75, 3.05) is 0 Å². The van der Waals surface area contributed by atoms with Crippen LogP contribution in [0.5, 0.6) is 0 Å².